The molecule has 0 aliphatic carbocycles. The molecule has 2 aliphatic rings. The molecule has 2 aliphatic heterocycles. The quantitative estimate of drug-likeness (QED) is 0.189. The number of hydrogen-bond donors (Lipinski definition) is 1. The predicted molar refractivity (Wildman–Crippen MR) is 200 cm³/mol. The minimum atomic E-state index is -3.01. The fourth-order valence-electron chi connectivity index (χ4n) is 7.09. The lowest BCUT2D eigenvalue weighted by molar-refractivity contribution is 0.593. The van der Waals surface area contributed by atoms with Crippen LogP contribution in [0.1, 0.15) is 22.9 Å². The average Bonchev–Trinajstić information content (AvgIpc) is 3.43. The Hall–Kier alpha value is -5.90. The van der Waals surface area contributed by atoms with Gasteiger partial charge in [-0.2, -0.15) is 0 Å². The van der Waals surface area contributed by atoms with E-state index in [1.165, 1.54) is 12.1 Å². The number of hydrogen-bond acceptors (Lipinski definition) is 4. The third-order valence-corrected chi connectivity index (χ3v) is 12.6. The molecule has 0 radical (unpaired) electrons. The highest BCUT2D eigenvalue weighted by atomic mass is 31.2. The van der Waals surface area contributed by atoms with Gasteiger partial charge in [0.15, 0.2) is 13.0 Å². The molecule has 6 heteroatoms. The second-order valence-electron chi connectivity index (χ2n) is 12.3. The standard InChI is InChI=1S/C43H29FN3OP/c44-31-22-18-30(19-23-31)42-45-41(29-10-2-1-3-11-29)46-43(47-42)38-27-26-33(34-12-4-5-13-35(34)38)28-20-24-32(25-21-28)49(48)39-16-8-6-14-36(39)37-15-7-9-17-40(37)49/h1-27,42H,(H,45,46,47). The predicted octanol–water partition coefficient (Wildman–Crippen LogP) is 8.76. The SMILES string of the molecule is O=P1(c2ccc(-c3ccc(C4=NC(c5ccccc5)=NC(c5ccc(F)cc5)N4)c4ccccc34)cc2)c2ccccc2-c2ccccc21. The summed E-state index contributed by atoms with van der Waals surface area (Å²) < 4.78 is 28.8. The van der Waals surface area contributed by atoms with Gasteiger partial charge in [0.1, 0.15) is 17.8 Å². The molecular formula is C43H29FN3OP. The first-order chi connectivity index (χ1) is 24.1. The smallest absolute Gasteiger partial charge is 0.172 e. The summed E-state index contributed by atoms with van der Waals surface area (Å²) in [5.41, 5.74) is 6.89. The molecule has 0 saturated carbocycles. The minimum Gasteiger partial charge on any atom is -0.344 e. The van der Waals surface area contributed by atoms with Gasteiger partial charge >= 0.3 is 0 Å². The number of halogens is 1. The molecule has 0 saturated heterocycles. The van der Waals surface area contributed by atoms with Gasteiger partial charge in [-0.1, -0.05) is 152 Å². The van der Waals surface area contributed by atoms with E-state index < -0.39 is 13.3 Å². The number of nitrogens with zero attached hydrogens (tertiary/aromatic N) is 2. The highest BCUT2D eigenvalue weighted by molar-refractivity contribution is 7.86. The lowest BCUT2D eigenvalue weighted by Gasteiger charge is -2.24. The van der Waals surface area contributed by atoms with E-state index in [0.29, 0.717) is 11.7 Å². The Morgan fingerprint density at radius 1 is 0.531 bits per heavy atom. The first-order valence-electron chi connectivity index (χ1n) is 16.2. The van der Waals surface area contributed by atoms with Crippen LogP contribution in [0.5, 0.6) is 0 Å². The first kappa shape index (κ1) is 29.3. The summed E-state index contributed by atoms with van der Waals surface area (Å²) in [4.78, 5) is 9.94. The van der Waals surface area contributed by atoms with Crippen LogP contribution < -0.4 is 21.2 Å². The molecule has 1 atom stereocenters. The van der Waals surface area contributed by atoms with Crippen molar-refractivity contribution in [2.45, 2.75) is 6.17 Å². The molecule has 234 valence electrons. The highest BCUT2D eigenvalue weighted by Crippen LogP contribution is 2.52. The zero-order valence-electron chi connectivity index (χ0n) is 26.3. The van der Waals surface area contributed by atoms with Crippen molar-refractivity contribution in [1.29, 1.82) is 0 Å². The molecule has 7 aromatic rings. The third-order valence-electron chi connectivity index (χ3n) is 9.46. The number of amidine groups is 2. The highest BCUT2D eigenvalue weighted by Gasteiger charge is 2.39. The molecular weight excluding hydrogens is 624 g/mol. The molecule has 0 aromatic heterocycles. The van der Waals surface area contributed by atoms with E-state index in [2.05, 4.69) is 53.8 Å². The van der Waals surface area contributed by atoms with Crippen molar-refractivity contribution < 1.29 is 8.96 Å². The molecule has 2 heterocycles. The summed E-state index contributed by atoms with van der Waals surface area (Å²) in [6.07, 6.45) is -0.442. The molecule has 49 heavy (non-hydrogen) atoms. The van der Waals surface area contributed by atoms with E-state index in [1.807, 2.05) is 91.0 Å². The fourth-order valence-corrected chi connectivity index (χ4v) is 10.1. The molecule has 1 unspecified atom stereocenters. The lowest BCUT2D eigenvalue weighted by atomic mass is 9.94. The van der Waals surface area contributed by atoms with Gasteiger partial charge in [0, 0.05) is 27.0 Å². The number of nitrogens with one attached hydrogen (secondary N) is 1. The van der Waals surface area contributed by atoms with Crippen molar-refractivity contribution in [1.82, 2.24) is 5.32 Å². The van der Waals surface area contributed by atoms with E-state index in [-0.39, 0.29) is 5.82 Å². The summed E-state index contributed by atoms with van der Waals surface area (Å²) in [6, 6.07) is 53.2. The van der Waals surface area contributed by atoms with E-state index in [0.717, 1.165) is 65.6 Å². The molecule has 0 spiro atoms. The Bertz CT molecular complexity index is 2460. The number of fused-ring (bicyclic) bond motifs is 4. The van der Waals surface area contributed by atoms with Crippen LogP contribution in [-0.2, 0) is 4.57 Å². The molecule has 0 bridgehead atoms. The zero-order valence-corrected chi connectivity index (χ0v) is 27.2. The van der Waals surface area contributed by atoms with Gasteiger partial charge in [0.2, 0.25) is 0 Å². The summed E-state index contributed by atoms with van der Waals surface area (Å²) in [5, 5.41) is 8.26. The van der Waals surface area contributed by atoms with Gasteiger partial charge in [0.05, 0.1) is 0 Å². The lowest BCUT2D eigenvalue weighted by Crippen LogP contribution is -2.33. The van der Waals surface area contributed by atoms with E-state index in [4.69, 9.17) is 9.98 Å². The summed E-state index contributed by atoms with van der Waals surface area (Å²) >= 11 is 0. The summed E-state index contributed by atoms with van der Waals surface area (Å²) in [7, 11) is -3.01. The van der Waals surface area contributed by atoms with Gasteiger partial charge in [-0.05, 0) is 50.7 Å². The van der Waals surface area contributed by atoms with Gasteiger partial charge < -0.3 is 9.88 Å². The Labute approximate surface area is 283 Å². The monoisotopic (exact) mass is 653 g/mol. The topological polar surface area (TPSA) is 53.8 Å². The minimum absolute atomic E-state index is 0.291. The largest absolute Gasteiger partial charge is 0.344 e. The second-order valence-corrected chi connectivity index (χ2v) is 15.0. The van der Waals surface area contributed by atoms with Crippen LogP contribution in [0, 0.1) is 5.82 Å². The van der Waals surface area contributed by atoms with Gasteiger partial charge in [0.25, 0.3) is 0 Å². The van der Waals surface area contributed by atoms with E-state index in [1.54, 1.807) is 12.1 Å². The number of aliphatic imine (C=N–C) groups is 2. The van der Waals surface area contributed by atoms with Crippen LogP contribution in [-0.4, -0.2) is 11.7 Å². The van der Waals surface area contributed by atoms with Crippen LogP contribution >= 0.6 is 7.14 Å². The third kappa shape index (κ3) is 4.85. The van der Waals surface area contributed by atoms with Crippen molar-refractivity contribution in [3.8, 4) is 22.3 Å². The second kappa shape index (κ2) is 11.7. The Kier molecular flexibility index (Phi) is 6.96. The molecule has 0 amide bonds. The fraction of sp³-hybridized carbons (Fsp3) is 0.0233. The first-order valence-corrected chi connectivity index (χ1v) is 18.0. The number of rotatable bonds is 5. The van der Waals surface area contributed by atoms with Crippen molar-refractivity contribution in [3.63, 3.8) is 0 Å². The maximum absolute atomic E-state index is 15.0. The van der Waals surface area contributed by atoms with Crippen molar-refractivity contribution in [2.75, 3.05) is 0 Å². The zero-order chi connectivity index (χ0) is 33.0. The maximum atomic E-state index is 15.0. The van der Waals surface area contributed by atoms with Crippen molar-refractivity contribution >= 4 is 45.5 Å². The van der Waals surface area contributed by atoms with Crippen molar-refractivity contribution in [3.05, 3.63) is 186 Å². The molecule has 7 aromatic carbocycles. The van der Waals surface area contributed by atoms with E-state index >= 15 is 0 Å². The Balaban J connectivity index is 1.12. The Morgan fingerprint density at radius 2 is 1.10 bits per heavy atom. The van der Waals surface area contributed by atoms with E-state index in [9.17, 15) is 8.96 Å². The normalized spacial score (nSPS) is 15.9. The molecule has 9 rings (SSSR count). The number of benzene rings is 7. The van der Waals surface area contributed by atoms with Crippen LogP contribution in [0.2, 0.25) is 0 Å². The van der Waals surface area contributed by atoms with Crippen molar-refractivity contribution in [2.24, 2.45) is 9.98 Å². The molecule has 0 fully saturated rings. The van der Waals surface area contributed by atoms with Gasteiger partial charge in [-0.25, -0.2) is 14.4 Å². The van der Waals surface area contributed by atoms with Crippen LogP contribution in [0.25, 0.3) is 33.0 Å². The molecule has 1 N–H and O–H groups in total. The summed E-state index contributed by atoms with van der Waals surface area (Å²) in [6.45, 7) is 0. The Morgan fingerprint density at radius 3 is 1.78 bits per heavy atom. The van der Waals surface area contributed by atoms with Crippen LogP contribution in [0.4, 0.5) is 4.39 Å². The van der Waals surface area contributed by atoms with Gasteiger partial charge in [-0.15, -0.1) is 0 Å². The maximum Gasteiger partial charge on any atom is 0.172 e. The molecule has 4 nitrogen and oxygen atoms in total. The van der Waals surface area contributed by atoms with Crippen LogP contribution in [0.3, 0.4) is 0 Å². The average molecular weight is 654 g/mol. The van der Waals surface area contributed by atoms with Crippen LogP contribution in [0.15, 0.2) is 174 Å². The van der Waals surface area contributed by atoms with Gasteiger partial charge in [-0.3, -0.25) is 0 Å². The summed E-state index contributed by atoms with van der Waals surface area (Å²) in [5.74, 6) is 1.01.